The number of aromatic nitrogens is 1. The van der Waals surface area contributed by atoms with Crippen LogP contribution >= 0.6 is 0 Å². The van der Waals surface area contributed by atoms with Gasteiger partial charge in [-0.2, -0.15) is 0 Å². The molecule has 4 heteroatoms. The van der Waals surface area contributed by atoms with Crippen molar-refractivity contribution in [2.45, 2.75) is 38.0 Å². The van der Waals surface area contributed by atoms with Gasteiger partial charge in [0.2, 0.25) is 0 Å². The number of anilines is 1. The Morgan fingerprint density at radius 2 is 2.20 bits per heavy atom. The number of fused-ring (bicyclic) bond motifs is 1. The Balaban J connectivity index is 1.86. The summed E-state index contributed by atoms with van der Waals surface area (Å²) < 4.78 is 5.40. The van der Waals surface area contributed by atoms with E-state index >= 15 is 0 Å². The molecular weight excluding hydrogens is 252 g/mol. The molecule has 1 aromatic heterocycles. The molecule has 2 atom stereocenters. The molecule has 3 rings (SSSR count). The van der Waals surface area contributed by atoms with Gasteiger partial charge in [0.1, 0.15) is 5.82 Å². The van der Waals surface area contributed by atoms with Gasteiger partial charge in [0.05, 0.1) is 18.2 Å². The maximum Gasteiger partial charge on any atom is 0.132 e. The molecule has 1 saturated carbocycles. The van der Waals surface area contributed by atoms with E-state index in [1.807, 2.05) is 30.3 Å². The molecule has 2 aromatic rings. The molecule has 0 amide bonds. The first-order chi connectivity index (χ1) is 9.80. The molecular formula is C16H20N2O2. The Morgan fingerprint density at radius 1 is 1.35 bits per heavy atom. The van der Waals surface area contributed by atoms with E-state index in [-0.39, 0.29) is 6.61 Å². The van der Waals surface area contributed by atoms with Gasteiger partial charge in [0.25, 0.3) is 0 Å². The van der Waals surface area contributed by atoms with Gasteiger partial charge in [-0.05, 0) is 31.4 Å². The normalized spacial score (nSPS) is 22.3. The SMILES string of the molecule is COC1CCC(Nc2nc3ccccc3cc2CO)C1. The summed E-state index contributed by atoms with van der Waals surface area (Å²) in [4.78, 5) is 4.65. The Labute approximate surface area is 118 Å². The molecule has 0 spiro atoms. The van der Waals surface area contributed by atoms with E-state index in [9.17, 15) is 5.11 Å². The van der Waals surface area contributed by atoms with Gasteiger partial charge in [0, 0.05) is 24.1 Å². The van der Waals surface area contributed by atoms with Gasteiger partial charge < -0.3 is 15.2 Å². The summed E-state index contributed by atoms with van der Waals surface area (Å²) in [7, 11) is 1.76. The summed E-state index contributed by atoms with van der Waals surface area (Å²) >= 11 is 0. The van der Waals surface area contributed by atoms with Crippen LogP contribution in [0.15, 0.2) is 30.3 Å². The summed E-state index contributed by atoms with van der Waals surface area (Å²) in [5, 5.41) is 14.1. The van der Waals surface area contributed by atoms with Gasteiger partial charge in [0.15, 0.2) is 0 Å². The van der Waals surface area contributed by atoms with Crippen molar-refractivity contribution in [3.05, 3.63) is 35.9 Å². The highest BCUT2D eigenvalue weighted by molar-refractivity contribution is 5.81. The smallest absolute Gasteiger partial charge is 0.132 e. The molecule has 106 valence electrons. The summed E-state index contributed by atoms with van der Waals surface area (Å²) in [5.41, 5.74) is 1.80. The third-order valence-corrected chi connectivity index (χ3v) is 4.03. The van der Waals surface area contributed by atoms with Crippen LogP contribution in [0.3, 0.4) is 0 Å². The summed E-state index contributed by atoms with van der Waals surface area (Å²) in [6, 6.07) is 10.4. The number of pyridine rings is 1. The van der Waals surface area contributed by atoms with Crippen LogP contribution in [-0.4, -0.2) is 29.3 Å². The number of methoxy groups -OCH3 is 1. The topological polar surface area (TPSA) is 54.4 Å². The van der Waals surface area contributed by atoms with Crippen LogP contribution in [0.5, 0.6) is 0 Å². The lowest BCUT2D eigenvalue weighted by Crippen LogP contribution is -2.19. The van der Waals surface area contributed by atoms with Crippen molar-refractivity contribution >= 4 is 16.7 Å². The molecule has 1 aliphatic rings. The minimum absolute atomic E-state index is 0.000589. The van der Waals surface area contributed by atoms with Crippen molar-refractivity contribution < 1.29 is 9.84 Å². The zero-order chi connectivity index (χ0) is 13.9. The molecule has 1 heterocycles. The fourth-order valence-electron chi connectivity index (χ4n) is 2.88. The zero-order valence-electron chi connectivity index (χ0n) is 11.7. The number of aliphatic hydroxyl groups is 1. The van der Waals surface area contributed by atoms with Crippen molar-refractivity contribution in [3.63, 3.8) is 0 Å². The van der Waals surface area contributed by atoms with E-state index in [2.05, 4.69) is 10.3 Å². The van der Waals surface area contributed by atoms with Gasteiger partial charge in [-0.15, -0.1) is 0 Å². The number of nitrogens with one attached hydrogen (secondary N) is 1. The van der Waals surface area contributed by atoms with E-state index in [1.165, 1.54) is 0 Å². The third kappa shape index (κ3) is 2.62. The first-order valence-electron chi connectivity index (χ1n) is 7.09. The van der Waals surface area contributed by atoms with Gasteiger partial charge in [-0.25, -0.2) is 4.98 Å². The number of nitrogens with zero attached hydrogens (tertiary/aromatic N) is 1. The minimum Gasteiger partial charge on any atom is -0.392 e. The zero-order valence-corrected chi connectivity index (χ0v) is 11.7. The molecule has 1 aliphatic carbocycles. The summed E-state index contributed by atoms with van der Waals surface area (Å²) in [5.74, 6) is 0.799. The lowest BCUT2D eigenvalue weighted by atomic mass is 10.1. The van der Waals surface area contributed by atoms with E-state index in [0.717, 1.165) is 41.5 Å². The molecule has 2 unspecified atom stereocenters. The number of hydrogen-bond acceptors (Lipinski definition) is 4. The van der Waals surface area contributed by atoms with Crippen LogP contribution in [-0.2, 0) is 11.3 Å². The lowest BCUT2D eigenvalue weighted by molar-refractivity contribution is 0.108. The predicted octanol–water partition coefficient (Wildman–Crippen LogP) is 2.71. The molecule has 20 heavy (non-hydrogen) atoms. The number of aliphatic hydroxyl groups excluding tert-OH is 1. The molecule has 1 fully saturated rings. The second-order valence-corrected chi connectivity index (χ2v) is 5.36. The Hall–Kier alpha value is -1.65. The number of hydrogen-bond donors (Lipinski definition) is 2. The van der Waals surface area contributed by atoms with Crippen molar-refractivity contribution in [2.75, 3.05) is 12.4 Å². The first kappa shape index (κ1) is 13.3. The number of para-hydroxylation sites is 1. The fraction of sp³-hybridized carbons (Fsp3) is 0.438. The highest BCUT2D eigenvalue weighted by atomic mass is 16.5. The van der Waals surface area contributed by atoms with Gasteiger partial charge in [-0.1, -0.05) is 18.2 Å². The van der Waals surface area contributed by atoms with Crippen molar-refractivity contribution in [1.29, 1.82) is 0 Å². The maximum absolute atomic E-state index is 9.55. The Kier molecular flexibility index (Phi) is 3.85. The van der Waals surface area contributed by atoms with Crippen molar-refractivity contribution in [3.8, 4) is 0 Å². The van der Waals surface area contributed by atoms with Crippen LogP contribution in [0.2, 0.25) is 0 Å². The second-order valence-electron chi connectivity index (χ2n) is 5.36. The molecule has 0 radical (unpaired) electrons. The second kappa shape index (κ2) is 5.77. The van der Waals surface area contributed by atoms with E-state index in [0.29, 0.717) is 12.1 Å². The van der Waals surface area contributed by atoms with Crippen molar-refractivity contribution in [2.24, 2.45) is 0 Å². The fourth-order valence-corrected chi connectivity index (χ4v) is 2.88. The molecule has 1 aromatic carbocycles. The number of benzene rings is 1. The van der Waals surface area contributed by atoms with E-state index < -0.39 is 0 Å². The largest absolute Gasteiger partial charge is 0.392 e. The molecule has 0 bridgehead atoms. The van der Waals surface area contributed by atoms with E-state index in [1.54, 1.807) is 7.11 Å². The molecule has 0 aliphatic heterocycles. The van der Waals surface area contributed by atoms with Gasteiger partial charge >= 0.3 is 0 Å². The van der Waals surface area contributed by atoms with Crippen LogP contribution in [0.1, 0.15) is 24.8 Å². The lowest BCUT2D eigenvalue weighted by Gasteiger charge is -2.16. The summed E-state index contributed by atoms with van der Waals surface area (Å²) in [6.07, 6.45) is 3.50. The van der Waals surface area contributed by atoms with E-state index in [4.69, 9.17) is 4.74 Å². The maximum atomic E-state index is 9.55. The highest BCUT2D eigenvalue weighted by Crippen LogP contribution is 2.27. The number of ether oxygens (including phenoxy) is 1. The summed E-state index contributed by atoms with van der Waals surface area (Å²) in [6.45, 7) is 0.000589. The predicted molar refractivity (Wildman–Crippen MR) is 79.7 cm³/mol. The van der Waals surface area contributed by atoms with Crippen LogP contribution < -0.4 is 5.32 Å². The standard InChI is InChI=1S/C16H20N2O2/c1-20-14-7-6-13(9-14)17-16-12(10-19)8-11-4-2-3-5-15(11)18-16/h2-5,8,13-14,19H,6-7,9-10H2,1H3,(H,17,18). The monoisotopic (exact) mass is 272 g/mol. The highest BCUT2D eigenvalue weighted by Gasteiger charge is 2.25. The average molecular weight is 272 g/mol. The van der Waals surface area contributed by atoms with Crippen LogP contribution in [0, 0.1) is 0 Å². The molecule has 0 saturated heterocycles. The quantitative estimate of drug-likeness (QED) is 0.898. The van der Waals surface area contributed by atoms with Crippen LogP contribution in [0.4, 0.5) is 5.82 Å². The first-order valence-corrected chi connectivity index (χ1v) is 7.09. The number of rotatable bonds is 4. The van der Waals surface area contributed by atoms with Crippen molar-refractivity contribution in [1.82, 2.24) is 4.98 Å². The van der Waals surface area contributed by atoms with Gasteiger partial charge in [-0.3, -0.25) is 0 Å². The Morgan fingerprint density at radius 3 is 2.95 bits per heavy atom. The Bertz CT molecular complexity index is 600. The average Bonchev–Trinajstić information content (AvgIpc) is 2.94. The van der Waals surface area contributed by atoms with Crippen LogP contribution in [0.25, 0.3) is 10.9 Å². The molecule has 2 N–H and O–H groups in total. The third-order valence-electron chi connectivity index (χ3n) is 4.03. The minimum atomic E-state index is 0.000589. The molecule has 4 nitrogen and oxygen atoms in total.